The molecule has 2 bridgehead atoms. The van der Waals surface area contributed by atoms with Crippen LogP contribution in [0.3, 0.4) is 0 Å². The first-order valence-corrected chi connectivity index (χ1v) is 16.7. The van der Waals surface area contributed by atoms with Crippen molar-refractivity contribution in [3.8, 4) is 0 Å². The first kappa shape index (κ1) is 24.1. The number of benzene rings is 4. The Morgan fingerprint density at radius 1 is 0.417 bits per heavy atom. The molecule has 7 rings (SSSR count). The summed E-state index contributed by atoms with van der Waals surface area (Å²) < 4.78 is 0. The van der Waals surface area contributed by atoms with E-state index in [-0.39, 0.29) is 15.8 Å². The van der Waals surface area contributed by atoms with E-state index in [1.54, 1.807) is 21.2 Å². The van der Waals surface area contributed by atoms with Crippen molar-refractivity contribution in [1.29, 1.82) is 0 Å². The molecular weight excluding hydrogens is 470 g/mol. The lowest BCUT2D eigenvalue weighted by molar-refractivity contribution is 0.0630. The summed E-state index contributed by atoms with van der Waals surface area (Å²) in [5.74, 6) is 3.57. The standard InChI is InChI=1S/C34H36P2/c1-5-13-31(14-6-1)35(32-15-7-2-8-16-32)25-29-23-28-22-21-27(29)24-30(28)26-36(33-17-9-3-10-18-33)34-19-11-4-12-20-34/h1-20,27-30H,21-26H2. The van der Waals surface area contributed by atoms with Crippen LogP contribution in [0.15, 0.2) is 121 Å². The second-order valence-electron chi connectivity index (χ2n) is 10.7. The molecule has 0 heterocycles. The average Bonchev–Trinajstić information content (AvgIpc) is 2.97. The minimum atomic E-state index is -0.285. The molecule has 3 aliphatic rings. The van der Waals surface area contributed by atoms with E-state index in [2.05, 4.69) is 121 Å². The molecule has 4 aromatic rings. The third-order valence-corrected chi connectivity index (χ3v) is 13.9. The highest BCUT2D eigenvalue weighted by Gasteiger charge is 2.43. The van der Waals surface area contributed by atoms with E-state index in [1.807, 2.05) is 0 Å². The Labute approximate surface area is 219 Å². The highest BCUT2D eigenvalue weighted by atomic mass is 31.1. The summed E-state index contributed by atoms with van der Waals surface area (Å²) in [5, 5.41) is 6.20. The van der Waals surface area contributed by atoms with E-state index in [1.165, 1.54) is 38.0 Å². The Balaban J connectivity index is 1.20. The lowest BCUT2D eigenvalue weighted by Gasteiger charge is -2.49. The monoisotopic (exact) mass is 506 g/mol. The van der Waals surface area contributed by atoms with Crippen LogP contribution in [0.5, 0.6) is 0 Å². The summed E-state index contributed by atoms with van der Waals surface area (Å²) in [5.41, 5.74) is 0. The van der Waals surface area contributed by atoms with Gasteiger partial charge in [0.2, 0.25) is 0 Å². The SMILES string of the molecule is c1ccc(P(CC2CC3CCC2CC3CP(c2ccccc2)c2ccccc2)c2ccccc2)cc1. The van der Waals surface area contributed by atoms with Crippen LogP contribution < -0.4 is 21.2 Å². The fraction of sp³-hybridized carbons (Fsp3) is 0.294. The lowest BCUT2D eigenvalue weighted by Crippen LogP contribution is -2.41. The van der Waals surface area contributed by atoms with Gasteiger partial charge < -0.3 is 0 Å². The summed E-state index contributed by atoms with van der Waals surface area (Å²) >= 11 is 0. The van der Waals surface area contributed by atoms with Crippen LogP contribution in [0.4, 0.5) is 0 Å². The van der Waals surface area contributed by atoms with Crippen LogP contribution in [-0.2, 0) is 0 Å². The first-order valence-electron chi connectivity index (χ1n) is 13.6. The third kappa shape index (κ3) is 5.37. The molecule has 0 aliphatic heterocycles. The molecule has 3 fully saturated rings. The molecule has 0 N–H and O–H groups in total. The van der Waals surface area contributed by atoms with Gasteiger partial charge in [-0.25, -0.2) is 0 Å². The van der Waals surface area contributed by atoms with Crippen molar-refractivity contribution in [2.45, 2.75) is 25.7 Å². The summed E-state index contributed by atoms with van der Waals surface area (Å²) in [6.45, 7) is 0. The predicted molar refractivity (Wildman–Crippen MR) is 160 cm³/mol. The van der Waals surface area contributed by atoms with Gasteiger partial charge in [0.25, 0.3) is 0 Å². The van der Waals surface area contributed by atoms with Crippen molar-refractivity contribution in [1.82, 2.24) is 0 Å². The Kier molecular flexibility index (Phi) is 7.65. The molecule has 4 aromatic carbocycles. The topological polar surface area (TPSA) is 0 Å². The average molecular weight is 507 g/mol. The normalized spacial score (nSPS) is 23.3. The van der Waals surface area contributed by atoms with Gasteiger partial charge >= 0.3 is 0 Å². The molecule has 3 saturated carbocycles. The molecule has 4 atom stereocenters. The van der Waals surface area contributed by atoms with E-state index < -0.39 is 0 Å². The van der Waals surface area contributed by atoms with Crippen LogP contribution in [0.1, 0.15) is 25.7 Å². The van der Waals surface area contributed by atoms with Gasteiger partial charge in [0, 0.05) is 0 Å². The highest BCUT2D eigenvalue weighted by Crippen LogP contribution is 2.54. The minimum Gasteiger partial charge on any atom is -0.0622 e. The maximum Gasteiger partial charge on any atom is -0.0195 e. The van der Waals surface area contributed by atoms with Crippen LogP contribution in [0, 0.1) is 23.7 Å². The van der Waals surface area contributed by atoms with Crippen LogP contribution >= 0.6 is 15.8 Å². The molecule has 0 saturated heterocycles. The molecular formula is C34H36P2. The molecule has 0 nitrogen and oxygen atoms in total. The van der Waals surface area contributed by atoms with E-state index in [0.29, 0.717) is 0 Å². The Hall–Kier alpha value is -2.26. The van der Waals surface area contributed by atoms with Gasteiger partial charge in [-0.3, -0.25) is 0 Å². The molecule has 0 amide bonds. The smallest absolute Gasteiger partial charge is 0.0195 e. The third-order valence-electron chi connectivity index (χ3n) is 8.56. The second-order valence-corrected chi connectivity index (χ2v) is 15.2. The van der Waals surface area contributed by atoms with Gasteiger partial charge in [-0.15, -0.1) is 0 Å². The van der Waals surface area contributed by atoms with E-state index >= 15 is 0 Å². The zero-order valence-electron chi connectivity index (χ0n) is 21.0. The number of fused-ring (bicyclic) bond motifs is 3. The quantitative estimate of drug-likeness (QED) is 0.220. The van der Waals surface area contributed by atoms with Crippen molar-refractivity contribution >= 4 is 37.1 Å². The molecule has 0 aromatic heterocycles. The van der Waals surface area contributed by atoms with Gasteiger partial charge in [-0.2, -0.15) is 0 Å². The number of hydrogen-bond donors (Lipinski definition) is 0. The molecule has 182 valence electrons. The summed E-state index contributed by atoms with van der Waals surface area (Å²) in [6.07, 6.45) is 8.52. The van der Waals surface area contributed by atoms with Crippen molar-refractivity contribution in [3.05, 3.63) is 121 Å². The maximum absolute atomic E-state index is 2.37. The van der Waals surface area contributed by atoms with Gasteiger partial charge in [0.15, 0.2) is 0 Å². The fourth-order valence-electron chi connectivity index (χ4n) is 6.75. The summed E-state index contributed by atoms with van der Waals surface area (Å²) in [6, 6.07) is 45.4. The molecule has 0 radical (unpaired) electrons. The van der Waals surface area contributed by atoms with Gasteiger partial charge in [0.05, 0.1) is 0 Å². The Morgan fingerprint density at radius 3 is 0.944 bits per heavy atom. The van der Waals surface area contributed by atoms with Crippen LogP contribution in [0.25, 0.3) is 0 Å². The molecule has 3 aliphatic carbocycles. The molecule has 2 heteroatoms. The fourth-order valence-corrected chi connectivity index (χ4v) is 12.2. The predicted octanol–water partition coefficient (Wildman–Crippen LogP) is 7.30. The largest absolute Gasteiger partial charge is 0.0622 e. The van der Waals surface area contributed by atoms with E-state index in [9.17, 15) is 0 Å². The summed E-state index contributed by atoms with van der Waals surface area (Å²) in [7, 11) is -0.569. The number of rotatable bonds is 8. The molecule has 36 heavy (non-hydrogen) atoms. The van der Waals surface area contributed by atoms with Crippen molar-refractivity contribution in [2.24, 2.45) is 23.7 Å². The van der Waals surface area contributed by atoms with Crippen molar-refractivity contribution < 1.29 is 0 Å². The minimum absolute atomic E-state index is 0.285. The zero-order chi connectivity index (χ0) is 24.2. The first-order chi connectivity index (χ1) is 17.8. The Morgan fingerprint density at radius 2 is 0.694 bits per heavy atom. The number of hydrogen-bond acceptors (Lipinski definition) is 0. The van der Waals surface area contributed by atoms with Crippen LogP contribution in [0.2, 0.25) is 0 Å². The Bertz CT molecular complexity index is 1030. The van der Waals surface area contributed by atoms with E-state index in [4.69, 9.17) is 0 Å². The lowest BCUT2D eigenvalue weighted by atomic mass is 9.61. The summed E-state index contributed by atoms with van der Waals surface area (Å²) in [4.78, 5) is 0. The zero-order valence-corrected chi connectivity index (χ0v) is 22.8. The molecule has 4 unspecified atom stereocenters. The van der Waals surface area contributed by atoms with Gasteiger partial charge in [0.1, 0.15) is 0 Å². The second kappa shape index (κ2) is 11.4. The van der Waals surface area contributed by atoms with Crippen molar-refractivity contribution in [3.63, 3.8) is 0 Å². The maximum atomic E-state index is 2.37. The van der Waals surface area contributed by atoms with Gasteiger partial charge in [-0.1, -0.05) is 121 Å². The highest BCUT2D eigenvalue weighted by molar-refractivity contribution is 7.73. The van der Waals surface area contributed by atoms with E-state index in [0.717, 1.165) is 23.7 Å². The van der Waals surface area contributed by atoms with Crippen LogP contribution in [-0.4, -0.2) is 12.3 Å². The molecule has 0 spiro atoms. The van der Waals surface area contributed by atoms with Gasteiger partial charge in [-0.05, 0) is 98.7 Å². The van der Waals surface area contributed by atoms with Crippen molar-refractivity contribution in [2.75, 3.05) is 12.3 Å².